The van der Waals surface area contributed by atoms with Gasteiger partial charge in [0.05, 0.1) is 0 Å². The van der Waals surface area contributed by atoms with Crippen molar-refractivity contribution in [1.82, 2.24) is 5.32 Å². The third-order valence-corrected chi connectivity index (χ3v) is 2.36. The van der Waals surface area contributed by atoms with E-state index in [1.807, 2.05) is 39.8 Å². The summed E-state index contributed by atoms with van der Waals surface area (Å²) in [4.78, 5) is 0. The molecule has 2 heteroatoms. The highest BCUT2D eigenvalue weighted by atomic mass is 16.3. The topological polar surface area (TPSA) is 32.3 Å². The Hall–Kier alpha value is -1.02. The van der Waals surface area contributed by atoms with Crippen molar-refractivity contribution in [3.8, 4) is 5.75 Å². The van der Waals surface area contributed by atoms with E-state index >= 15 is 0 Å². The fourth-order valence-corrected chi connectivity index (χ4v) is 1.66. The molecule has 2 rings (SSSR count). The van der Waals surface area contributed by atoms with Gasteiger partial charge in [-0.05, 0) is 36.6 Å². The van der Waals surface area contributed by atoms with Crippen molar-refractivity contribution in [2.45, 2.75) is 53.6 Å². The number of fused-ring (bicyclic) bond motifs is 1. The highest BCUT2D eigenvalue weighted by Crippen LogP contribution is 2.20. The number of phenolic OH excluding ortho intramolecular Hbond substituents is 1. The fourth-order valence-electron chi connectivity index (χ4n) is 1.66. The molecule has 2 N–H and O–H groups in total. The molecule has 1 heterocycles. The van der Waals surface area contributed by atoms with E-state index in [1.54, 1.807) is 6.07 Å². The largest absolute Gasteiger partial charge is 0.508 e. The molecule has 0 aromatic heterocycles. The number of aromatic hydroxyl groups is 1. The first-order valence-electron chi connectivity index (χ1n) is 6.30. The van der Waals surface area contributed by atoms with Crippen molar-refractivity contribution in [1.29, 1.82) is 0 Å². The van der Waals surface area contributed by atoms with E-state index in [9.17, 15) is 5.11 Å². The summed E-state index contributed by atoms with van der Waals surface area (Å²) in [6.07, 6.45) is 1.07. The molecule has 0 saturated heterocycles. The van der Waals surface area contributed by atoms with Crippen molar-refractivity contribution in [2.24, 2.45) is 0 Å². The smallest absolute Gasteiger partial charge is 0.115 e. The summed E-state index contributed by atoms with van der Waals surface area (Å²) < 4.78 is 0. The van der Waals surface area contributed by atoms with Gasteiger partial charge in [0.2, 0.25) is 0 Å². The highest BCUT2D eigenvalue weighted by molar-refractivity contribution is 5.36. The molecule has 0 unspecified atom stereocenters. The van der Waals surface area contributed by atoms with Gasteiger partial charge >= 0.3 is 0 Å². The van der Waals surface area contributed by atoms with E-state index in [4.69, 9.17) is 0 Å². The Bertz CT molecular complexity index is 297. The van der Waals surface area contributed by atoms with E-state index in [1.165, 1.54) is 11.1 Å². The molecule has 0 saturated carbocycles. The standard InChI is InChI=1S/C10H13NO.2C2H6/c1-7-4-8-2-3-10(12)5-9(8)6-11-7;2*1-2/h2-3,5,7,11-12H,4,6H2,1H3;2*1-2H3/t7-;;/m0../s1. The van der Waals surface area contributed by atoms with Gasteiger partial charge in [0, 0.05) is 12.6 Å². The SMILES string of the molecule is CC.CC.C[C@H]1Cc2ccc(O)cc2CN1. The van der Waals surface area contributed by atoms with Crippen LogP contribution >= 0.6 is 0 Å². The predicted molar refractivity (Wildman–Crippen MR) is 70.8 cm³/mol. The summed E-state index contributed by atoms with van der Waals surface area (Å²) in [7, 11) is 0. The van der Waals surface area contributed by atoms with E-state index in [-0.39, 0.29) is 0 Å². The first kappa shape index (κ1) is 15.0. The van der Waals surface area contributed by atoms with Crippen LogP contribution in [-0.2, 0) is 13.0 Å². The molecule has 2 nitrogen and oxygen atoms in total. The molecule has 0 amide bonds. The average Bonchev–Trinajstić information content (AvgIpc) is 2.35. The Kier molecular flexibility index (Phi) is 7.65. The number of nitrogens with one attached hydrogen (secondary N) is 1. The van der Waals surface area contributed by atoms with Crippen LogP contribution in [0.4, 0.5) is 0 Å². The first-order chi connectivity index (χ1) is 7.75. The van der Waals surface area contributed by atoms with Crippen LogP contribution in [0.1, 0.15) is 45.7 Å². The maximum absolute atomic E-state index is 9.23. The van der Waals surface area contributed by atoms with E-state index in [2.05, 4.69) is 12.2 Å². The first-order valence-corrected chi connectivity index (χ1v) is 6.30. The normalized spacial score (nSPS) is 17.2. The lowest BCUT2D eigenvalue weighted by atomic mass is 9.97. The van der Waals surface area contributed by atoms with E-state index < -0.39 is 0 Å². The zero-order chi connectivity index (χ0) is 12.6. The molecule has 92 valence electrons. The molecule has 1 aromatic rings. The molecule has 0 spiro atoms. The van der Waals surface area contributed by atoms with E-state index in [0.29, 0.717) is 11.8 Å². The monoisotopic (exact) mass is 223 g/mol. The van der Waals surface area contributed by atoms with Gasteiger partial charge in [0.1, 0.15) is 5.75 Å². The Labute approximate surface area is 99.7 Å². The second-order valence-electron chi connectivity index (χ2n) is 3.44. The summed E-state index contributed by atoms with van der Waals surface area (Å²) in [6, 6.07) is 6.18. The van der Waals surface area contributed by atoms with Crippen molar-refractivity contribution < 1.29 is 5.11 Å². The fraction of sp³-hybridized carbons (Fsp3) is 0.571. The minimum atomic E-state index is 0.366. The van der Waals surface area contributed by atoms with Crippen LogP contribution in [-0.4, -0.2) is 11.1 Å². The molecule has 1 atom stereocenters. The summed E-state index contributed by atoms with van der Waals surface area (Å²) in [5, 5.41) is 12.6. The second kappa shape index (κ2) is 8.17. The summed E-state index contributed by atoms with van der Waals surface area (Å²) >= 11 is 0. The lowest BCUT2D eigenvalue weighted by Crippen LogP contribution is -2.32. The number of benzene rings is 1. The minimum absolute atomic E-state index is 0.366. The van der Waals surface area contributed by atoms with E-state index in [0.717, 1.165) is 13.0 Å². The molecule has 1 aliphatic rings. The predicted octanol–water partition coefficient (Wildman–Crippen LogP) is 3.48. The highest BCUT2D eigenvalue weighted by Gasteiger charge is 2.13. The van der Waals surface area contributed by atoms with Gasteiger partial charge in [-0.15, -0.1) is 0 Å². The van der Waals surface area contributed by atoms with Crippen LogP contribution in [0.15, 0.2) is 18.2 Å². The third kappa shape index (κ3) is 4.23. The summed E-state index contributed by atoms with van der Waals surface area (Å²) in [5.41, 5.74) is 2.59. The average molecular weight is 223 g/mol. The Morgan fingerprint density at radius 1 is 1.12 bits per heavy atom. The molecule has 0 fully saturated rings. The van der Waals surface area contributed by atoms with Crippen LogP contribution in [0, 0.1) is 0 Å². The number of rotatable bonds is 0. The second-order valence-corrected chi connectivity index (χ2v) is 3.44. The Morgan fingerprint density at radius 2 is 1.75 bits per heavy atom. The molecular formula is C14H25NO. The van der Waals surface area contributed by atoms with Crippen molar-refractivity contribution in [2.75, 3.05) is 0 Å². The van der Waals surface area contributed by atoms with Crippen LogP contribution < -0.4 is 5.32 Å². The van der Waals surface area contributed by atoms with Gasteiger partial charge in [0.25, 0.3) is 0 Å². The maximum atomic E-state index is 9.23. The van der Waals surface area contributed by atoms with Gasteiger partial charge in [0.15, 0.2) is 0 Å². The summed E-state index contributed by atoms with van der Waals surface area (Å²) in [5.74, 6) is 0.366. The van der Waals surface area contributed by atoms with Crippen molar-refractivity contribution in [3.63, 3.8) is 0 Å². The van der Waals surface area contributed by atoms with Crippen molar-refractivity contribution in [3.05, 3.63) is 29.3 Å². The van der Waals surface area contributed by atoms with Gasteiger partial charge in [-0.3, -0.25) is 0 Å². The third-order valence-electron chi connectivity index (χ3n) is 2.36. The molecule has 1 aliphatic heterocycles. The molecule has 0 aliphatic carbocycles. The van der Waals surface area contributed by atoms with Crippen LogP contribution in [0.5, 0.6) is 5.75 Å². The van der Waals surface area contributed by atoms with Gasteiger partial charge in [-0.25, -0.2) is 0 Å². The number of hydrogen-bond donors (Lipinski definition) is 2. The number of phenols is 1. The van der Waals surface area contributed by atoms with Crippen LogP contribution in [0.3, 0.4) is 0 Å². The molecule has 0 bridgehead atoms. The minimum Gasteiger partial charge on any atom is -0.508 e. The van der Waals surface area contributed by atoms with Gasteiger partial charge in [-0.2, -0.15) is 0 Å². The molecule has 16 heavy (non-hydrogen) atoms. The zero-order valence-corrected chi connectivity index (χ0v) is 11.2. The maximum Gasteiger partial charge on any atom is 0.115 e. The van der Waals surface area contributed by atoms with Gasteiger partial charge < -0.3 is 10.4 Å². The Morgan fingerprint density at radius 3 is 2.38 bits per heavy atom. The summed E-state index contributed by atoms with van der Waals surface area (Å²) in [6.45, 7) is 11.1. The Balaban J connectivity index is 0.000000509. The van der Waals surface area contributed by atoms with Crippen LogP contribution in [0.2, 0.25) is 0 Å². The molecular weight excluding hydrogens is 198 g/mol. The zero-order valence-electron chi connectivity index (χ0n) is 11.2. The quantitative estimate of drug-likeness (QED) is 0.705. The van der Waals surface area contributed by atoms with Crippen LogP contribution in [0.25, 0.3) is 0 Å². The molecule has 0 radical (unpaired) electrons. The molecule has 1 aromatic carbocycles. The lowest BCUT2D eigenvalue weighted by Gasteiger charge is -2.22. The number of hydrogen-bond acceptors (Lipinski definition) is 2. The lowest BCUT2D eigenvalue weighted by molar-refractivity contribution is 0.468. The van der Waals surface area contributed by atoms with Gasteiger partial charge in [-0.1, -0.05) is 33.8 Å². The van der Waals surface area contributed by atoms with Crippen molar-refractivity contribution >= 4 is 0 Å².